The van der Waals surface area contributed by atoms with Crippen LogP contribution in [-0.4, -0.2) is 26.0 Å². The Morgan fingerprint density at radius 1 is 1.23 bits per heavy atom. The number of amides is 2. The number of halogens is 2. The highest BCUT2D eigenvalue weighted by atomic mass is 35.5. The van der Waals surface area contributed by atoms with Crippen molar-refractivity contribution in [1.82, 2.24) is 0 Å². The standard InChI is InChI=1S/C18H16ClFN2O4/c1-25-15-8-16(26-2)14(7-12(15)19)22-18(24)11-6-17(23)21-13-5-9(20)3-4-10(11)13/h3-5,7-8,11H,6H2,1-2H3,(H,21,23)(H,22,24). The molecule has 0 bridgehead atoms. The summed E-state index contributed by atoms with van der Waals surface area (Å²) in [6.45, 7) is 0. The largest absolute Gasteiger partial charge is 0.495 e. The summed E-state index contributed by atoms with van der Waals surface area (Å²) in [5.74, 6) is -1.27. The van der Waals surface area contributed by atoms with Gasteiger partial charge in [-0.15, -0.1) is 0 Å². The molecule has 1 aliphatic heterocycles. The molecule has 0 aromatic heterocycles. The summed E-state index contributed by atoms with van der Waals surface area (Å²) in [5.41, 5.74) is 1.18. The van der Waals surface area contributed by atoms with Crippen molar-refractivity contribution in [3.8, 4) is 11.5 Å². The second kappa shape index (κ2) is 7.21. The van der Waals surface area contributed by atoms with Gasteiger partial charge in [0.05, 0.1) is 30.8 Å². The number of benzene rings is 2. The Labute approximate surface area is 154 Å². The van der Waals surface area contributed by atoms with Crippen LogP contribution in [0.5, 0.6) is 11.5 Å². The van der Waals surface area contributed by atoms with Crippen LogP contribution in [0.25, 0.3) is 0 Å². The van der Waals surface area contributed by atoms with Crippen molar-refractivity contribution in [3.05, 3.63) is 46.7 Å². The van der Waals surface area contributed by atoms with Crippen LogP contribution in [0, 0.1) is 5.82 Å². The molecule has 0 saturated carbocycles. The van der Waals surface area contributed by atoms with E-state index in [0.717, 1.165) is 0 Å². The fourth-order valence-electron chi connectivity index (χ4n) is 2.85. The highest BCUT2D eigenvalue weighted by molar-refractivity contribution is 6.32. The van der Waals surface area contributed by atoms with Gasteiger partial charge in [-0.3, -0.25) is 9.59 Å². The van der Waals surface area contributed by atoms with Crippen molar-refractivity contribution in [2.45, 2.75) is 12.3 Å². The van der Waals surface area contributed by atoms with E-state index >= 15 is 0 Å². The van der Waals surface area contributed by atoms with Gasteiger partial charge in [0, 0.05) is 18.2 Å². The van der Waals surface area contributed by atoms with Crippen LogP contribution in [0.2, 0.25) is 5.02 Å². The minimum absolute atomic E-state index is 0.0450. The average Bonchev–Trinajstić information content (AvgIpc) is 2.60. The third-order valence-corrected chi connectivity index (χ3v) is 4.40. The Kier molecular flexibility index (Phi) is 4.99. The minimum atomic E-state index is -0.759. The Balaban J connectivity index is 1.92. The molecule has 3 rings (SSSR count). The number of carbonyl (C=O) groups is 2. The first-order valence-corrected chi connectivity index (χ1v) is 8.12. The normalized spacial score (nSPS) is 15.7. The molecule has 1 unspecified atom stereocenters. The predicted octanol–water partition coefficient (Wildman–Crippen LogP) is 3.56. The first-order chi connectivity index (χ1) is 12.4. The zero-order valence-corrected chi connectivity index (χ0v) is 14.8. The van der Waals surface area contributed by atoms with Crippen molar-refractivity contribution in [2.24, 2.45) is 0 Å². The fraction of sp³-hybridized carbons (Fsp3) is 0.222. The molecule has 2 aromatic carbocycles. The monoisotopic (exact) mass is 378 g/mol. The molecule has 8 heteroatoms. The van der Waals surface area contributed by atoms with E-state index in [9.17, 15) is 14.0 Å². The van der Waals surface area contributed by atoms with Crippen LogP contribution in [0.1, 0.15) is 17.9 Å². The molecule has 2 amide bonds. The second-order valence-corrected chi connectivity index (χ2v) is 6.12. The van der Waals surface area contributed by atoms with Gasteiger partial charge in [0.1, 0.15) is 17.3 Å². The summed E-state index contributed by atoms with van der Waals surface area (Å²) in [6.07, 6.45) is -0.0450. The van der Waals surface area contributed by atoms with Gasteiger partial charge in [-0.2, -0.15) is 0 Å². The molecule has 26 heavy (non-hydrogen) atoms. The fourth-order valence-corrected chi connectivity index (χ4v) is 3.09. The van der Waals surface area contributed by atoms with Gasteiger partial charge in [-0.1, -0.05) is 17.7 Å². The summed E-state index contributed by atoms with van der Waals surface area (Å²) < 4.78 is 23.8. The number of rotatable bonds is 4. The molecule has 0 spiro atoms. The third kappa shape index (κ3) is 3.43. The first kappa shape index (κ1) is 18.0. The van der Waals surface area contributed by atoms with Crippen molar-refractivity contribution >= 4 is 34.8 Å². The first-order valence-electron chi connectivity index (χ1n) is 7.74. The molecular formula is C18H16ClFN2O4. The summed E-state index contributed by atoms with van der Waals surface area (Å²) in [4.78, 5) is 24.7. The average molecular weight is 379 g/mol. The SMILES string of the molecule is COc1cc(OC)c(NC(=O)C2CC(=O)Nc3cc(F)ccc32)cc1Cl. The van der Waals surface area contributed by atoms with E-state index in [1.54, 1.807) is 6.07 Å². The van der Waals surface area contributed by atoms with Crippen LogP contribution in [0.3, 0.4) is 0 Å². The lowest BCUT2D eigenvalue weighted by molar-refractivity contribution is -0.123. The van der Waals surface area contributed by atoms with Crippen LogP contribution in [-0.2, 0) is 9.59 Å². The lowest BCUT2D eigenvalue weighted by Gasteiger charge is -2.25. The molecule has 0 saturated heterocycles. The predicted molar refractivity (Wildman–Crippen MR) is 95.6 cm³/mol. The van der Waals surface area contributed by atoms with Gasteiger partial charge >= 0.3 is 0 Å². The molecular weight excluding hydrogens is 363 g/mol. The zero-order valence-electron chi connectivity index (χ0n) is 14.1. The van der Waals surface area contributed by atoms with Crippen LogP contribution in [0.4, 0.5) is 15.8 Å². The van der Waals surface area contributed by atoms with Gasteiger partial charge in [0.2, 0.25) is 11.8 Å². The van der Waals surface area contributed by atoms with Crippen LogP contribution < -0.4 is 20.1 Å². The van der Waals surface area contributed by atoms with Crippen LogP contribution in [0.15, 0.2) is 30.3 Å². The Bertz CT molecular complexity index is 888. The number of hydrogen-bond donors (Lipinski definition) is 2. The van der Waals surface area contributed by atoms with Crippen molar-refractivity contribution in [1.29, 1.82) is 0 Å². The van der Waals surface area contributed by atoms with Gasteiger partial charge in [-0.05, 0) is 23.8 Å². The van der Waals surface area contributed by atoms with Gasteiger partial charge in [-0.25, -0.2) is 4.39 Å². The maximum Gasteiger partial charge on any atom is 0.232 e. The zero-order chi connectivity index (χ0) is 18.8. The lowest BCUT2D eigenvalue weighted by Crippen LogP contribution is -2.31. The quantitative estimate of drug-likeness (QED) is 0.852. The molecule has 0 radical (unpaired) electrons. The van der Waals surface area contributed by atoms with Gasteiger partial charge in [0.15, 0.2) is 0 Å². The van der Waals surface area contributed by atoms with Gasteiger partial charge in [0.25, 0.3) is 0 Å². The van der Waals surface area contributed by atoms with E-state index in [0.29, 0.717) is 33.5 Å². The molecule has 1 aliphatic rings. The van der Waals surface area contributed by atoms with Crippen molar-refractivity contribution in [2.75, 3.05) is 24.9 Å². The van der Waals surface area contributed by atoms with E-state index in [-0.39, 0.29) is 12.3 Å². The molecule has 2 N–H and O–H groups in total. The molecule has 136 valence electrons. The molecule has 1 atom stereocenters. The number of methoxy groups -OCH3 is 2. The van der Waals surface area contributed by atoms with Crippen molar-refractivity contribution in [3.63, 3.8) is 0 Å². The number of hydrogen-bond acceptors (Lipinski definition) is 4. The maximum absolute atomic E-state index is 13.4. The number of anilines is 2. The minimum Gasteiger partial charge on any atom is -0.495 e. The topological polar surface area (TPSA) is 76.7 Å². The number of ether oxygens (including phenoxy) is 2. The summed E-state index contributed by atoms with van der Waals surface area (Å²) >= 11 is 6.11. The Hall–Kier alpha value is -2.80. The highest BCUT2D eigenvalue weighted by Gasteiger charge is 2.31. The van der Waals surface area contributed by atoms with E-state index < -0.39 is 17.6 Å². The Morgan fingerprint density at radius 3 is 2.65 bits per heavy atom. The summed E-state index contributed by atoms with van der Waals surface area (Å²) in [6, 6.07) is 6.99. The molecule has 6 nitrogen and oxygen atoms in total. The molecule has 0 fully saturated rings. The van der Waals surface area contributed by atoms with Gasteiger partial charge < -0.3 is 20.1 Å². The number of nitrogens with one attached hydrogen (secondary N) is 2. The summed E-state index contributed by atoms with van der Waals surface area (Å²) in [5, 5.41) is 5.60. The third-order valence-electron chi connectivity index (χ3n) is 4.10. The maximum atomic E-state index is 13.4. The lowest BCUT2D eigenvalue weighted by atomic mass is 9.89. The second-order valence-electron chi connectivity index (χ2n) is 5.71. The number of fused-ring (bicyclic) bond motifs is 1. The summed E-state index contributed by atoms with van der Waals surface area (Å²) in [7, 11) is 2.92. The van der Waals surface area contributed by atoms with E-state index in [4.69, 9.17) is 21.1 Å². The molecule has 2 aromatic rings. The molecule has 1 heterocycles. The Morgan fingerprint density at radius 2 is 1.96 bits per heavy atom. The van der Waals surface area contributed by atoms with E-state index in [1.165, 1.54) is 38.5 Å². The highest BCUT2D eigenvalue weighted by Crippen LogP contribution is 2.38. The van der Waals surface area contributed by atoms with Crippen molar-refractivity contribution < 1.29 is 23.5 Å². The van der Waals surface area contributed by atoms with E-state index in [1.807, 2.05) is 0 Å². The van der Waals surface area contributed by atoms with Crippen LogP contribution >= 0.6 is 11.6 Å². The smallest absolute Gasteiger partial charge is 0.232 e. The number of carbonyl (C=O) groups excluding carboxylic acids is 2. The molecule has 0 aliphatic carbocycles. The van der Waals surface area contributed by atoms with E-state index in [2.05, 4.69) is 10.6 Å².